The van der Waals surface area contributed by atoms with Gasteiger partial charge in [-0.25, -0.2) is 19.6 Å². The lowest BCUT2D eigenvalue weighted by Crippen LogP contribution is -2.51. The number of aromatic amines is 2. The fourth-order valence-electron chi connectivity index (χ4n) is 8.84. The SMILES string of the molecule is COC(=O)NC(C(=O)N1CCC[C@H]1c1ncc(-c2ccc(-c3csc4c(-c5ccc6[nH]c([C@@H]7CCCN7C(=O)[C@H](NC(=O)OC)c7ccccc7)nc6c5)csc34)cc2)[nH]1)C(C)C. The molecule has 16 heteroatoms. The smallest absolute Gasteiger partial charge is 0.407 e. The molecular formula is C47H48N8O6S2. The number of likely N-dealkylation sites (tertiary alicyclic amines) is 2. The topological polar surface area (TPSA) is 175 Å². The number of fused-ring (bicyclic) bond motifs is 2. The van der Waals surface area contributed by atoms with Gasteiger partial charge in [0.15, 0.2) is 0 Å². The summed E-state index contributed by atoms with van der Waals surface area (Å²) in [6, 6.07) is 21.9. The molecule has 0 bridgehead atoms. The zero-order chi connectivity index (χ0) is 43.8. The fourth-order valence-corrected chi connectivity index (χ4v) is 11.3. The third-order valence-electron chi connectivity index (χ3n) is 12.1. The predicted octanol–water partition coefficient (Wildman–Crippen LogP) is 9.37. The summed E-state index contributed by atoms with van der Waals surface area (Å²) in [6.45, 7) is 4.96. The van der Waals surface area contributed by atoms with Gasteiger partial charge in [-0.05, 0) is 66.0 Å². The Morgan fingerprint density at radius 1 is 0.730 bits per heavy atom. The lowest BCUT2D eigenvalue weighted by atomic mass is 10.0. The van der Waals surface area contributed by atoms with Crippen LogP contribution in [0, 0.1) is 5.92 Å². The molecule has 14 nitrogen and oxygen atoms in total. The Labute approximate surface area is 372 Å². The number of hydrogen-bond acceptors (Lipinski definition) is 10. The van der Waals surface area contributed by atoms with Gasteiger partial charge in [0.2, 0.25) is 5.91 Å². The third kappa shape index (κ3) is 8.16. The van der Waals surface area contributed by atoms with Crippen LogP contribution in [0.1, 0.15) is 74.9 Å². The van der Waals surface area contributed by atoms with E-state index in [0.717, 1.165) is 76.3 Å². The Morgan fingerprint density at radius 2 is 1.33 bits per heavy atom. The highest BCUT2D eigenvalue weighted by Crippen LogP contribution is 2.45. The van der Waals surface area contributed by atoms with Crippen molar-refractivity contribution in [1.29, 1.82) is 0 Å². The van der Waals surface area contributed by atoms with Crippen molar-refractivity contribution in [2.24, 2.45) is 5.92 Å². The Morgan fingerprint density at radius 3 is 2.00 bits per heavy atom. The molecule has 2 aliphatic rings. The van der Waals surface area contributed by atoms with Gasteiger partial charge in [-0.15, -0.1) is 22.7 Å². The van der Waals surface area contributed by atoms with Crippen molar-refractivity contribution in [3.05, 3.63) is 107 Å². The van der Waals surface area contributed by atoms with E-state index >= 15 is 0 Å². The van der Waals surface area contributed by atoms with Crippen LogP contribution in [0.5, 0.6) is 0 Å². The van der Waals surface area contributed by atoms with Crippen molar-refractivity contribution in [2.75, 3.05) is 27.3 Å². The summed E-state index contributed by atoms with van der Waals surface area (Å²) in [6.07, 6.45) is 3.74. The van der Waals surface area contributed by atoms with Crippen molar-refractivity contribution in [3.63, 3.8) is 0 Å². The Balaban J connectivity index is 0.908. The number of nitrogens with zero attached hydrogens (tertiary/aromatic N) is 4. The number of aromatic nitrogens is 4. The second-order valence-electron chi connectivity index (χ2n) is 16.3. The van der Waals surface area contributed by atoms with Gasteiger partial charge in [-0.2, -0.15) is 0 Å². The predicted molar refractivity (Wildman–Crippen MR) is 244 cm³/mol. The highest BCUT2D eigenvalue weighted by atomic mass is 32.1. The van der Waals surface area contributed by atoms with Gasteiger partial charge in [0, 0.05) is 35.0 Å². The van der Waals surface area contributed by atoms with Crippen LogP contribution in [0.25, 0.3) is 53.9 Å². The van der Waals surface area contributed by atoms with Gasteiger partial charge in [0.1, 0.15) is 23.7 Å². The number of amides is 4. The highest BCUT2D eigenvalue weighted by Gasteiger charge is 2.39. The van der Waals surface area contributed by atoms with Crippen LogP contribution in [-0.2, 0) is 19.1 Å². The molecule has 324 valence electrons. The summed E-state index contributed by atoms with van der Waals surface area (Å²) in [5, 5.41) is 9.87. The molecule has 4 amide bonds. The average molecular weight is 885 g/mol. The monoisotopic (exact) mass is 884 g/mol. The van der Waals surface area contributed by atoms with E-state index in [1.807, 2.05) is 60.2 Å². The Hall–Kier alpha value is -6.52. The minimum absolute atomic E-state index is 0.108. The van der Waals surface area contributed by atoms with E-state index in [2.05, 4.69) is 73.8 Å². The number of imidazole rings is 2. The minimum atomic E-state index is -0.883. The third-order valence-corrected chi connectivity index (χ3v) is 14.3. The van der Waals surface area contributed by atoms with Crippen LogP contribution in [0.2, 0.25) is 0 Å². The first kappa shape index (κ1) is 41.8. The van der Waals surface area contributed by atoms with Crippen molar-refractivity contribution in [1.82, 2.24) is 40.4 Å². The number of hydrogen-bond donors (Lipinski definition) is 4. The molecule has 1 unspecified atom stereocenters. The highest BCUT2D eigenvalue weighted by molar-refractivity contribution is 7.27. The number of H-pyrrole nitrogens is 2. The lowest BCUT2D eigenvalue weighted by molar-refractivity contribution is -0.135. The van der Waals surface area contributed by atoms with Crippen LogP contribution in [0.15, 0.2) is 89.8 Å². The number of rotatable bonds is 11. The standard InChI is InChI=1S/C47H48N8O6S2/c1-26(2)38(52-46(58)60-3)44(56)54-20-8-12-36(54)42-48-23-35(51-42)28-16-14-27(15-17-28)31-24-62-41-32(25-63-40(31)41)30-18-19-33-34(22-30)50-43(49-33)37-13-9-21-55(37)45(57)39(53-47(59)61-4)29-10-6-5-7-11-29/h5-7,10-11,14-19,22-26,36-39H,8-9,12-13,20-21H2,1-4H3,(H,48,51)(H,49,50)(H,52,58)(H,53,59)/t36-,37-,38?,39+/m0/s1. The first-order chi connectivity index (χ1) is 30.6. The molecule has 2 fully saturated rings. The Kier molecular flexibility index (Phi) is 11.7. The second kappa shape index (κ2) is 17.7. The number of carbonyl (C=O) groups is 4. The molecule has 2 aliphatic heterocycles. The molecule has 4 aromatic heterocycles. The van der Waals surface area contributed by atoms with Crippen LogP contribution in [0.4, 0.5) is 9.59 Å². The molecule has 7 aromatic rings. The van der Waals surface area contributed by atoms with E-state index in [-0.39, 0.29) is 29.8 Å². The van der Waals surface area contributed by atoms with Crippen molar-refractivity contribution < 1.29 is 28.7 Å². The first-order valence-electron chi connectivity index (χ1n) is 21.1. The van der Waals surface area contributed by atoms with E-state index in [1.54, 1.807) is 22.7 Å². The van der Waals surface area contributed by atoms with E-state index in [1.165, 1.54) is 29.2 Å². The number of carbonyl (C=O) groups excluding carboxylic acids is 4. The number of alkyl carbamates (subject to hydrolysis) is 2. The molecule has 4 atom stereocenters. The van der Waals surface area contributed by atoms with Gasteiger partial charge in [0.05, 0.1) is 58.6 Å². The first-order valence-corrected chi connectivity index (χ1v) is 22.9. The average Bonchev–Trinajstić information content (AvgIpc) is 4.17. The summed E-state index contributed by atoms with van der Waals surface area (Å²) >= 11 is 3.45. The molecular weight excluding hydrogens is 837 g/mol. The summed E-state index contributed by atoms with van der Waals surface area (Å²) in [5.74, 6) is 1.00. The molecule has 0 saturated carbocycles. The van der Waals surface area contributed by atoms with Gasteiger partial charge in [-0.1, -0.05) is 74.5 Å². The number of thiophene rings is 2. The molecule has 0 radical (unpaired) electrons. The summed E-state index contributed by atoms with van der Waals surface area (Å²) in [7, 11) is 2.58. The van der Waals surface area contributed by atoms with Crippen LogP contribution in [0.3, 0.4) is 0 Å². The van der Waals surface area contributed by atoms with Crippen LogP contribution >= 0.6 is 22.7 Å². The molecule has 9 rings (SSSR count). The summed E-state index contributed by atoms with van der Waals surface area (Å²) in [4.78, 5) is 72.3. The van der Waals surface area contributed by atoms with Gasteiger partial charge in [0.25, 0.3) is 5.91 Å². The van der Waals surface area contributed by atoms with Crippen molar-refractivity contribution in [3.8, 4) is 33.5 Å². The molecule has 0 aliphatic carbocycles. The van der Waals surface area contributed by atoms with E-state index < -0.39 is 24.3 Å². The van der Waals surface area contributed by atoms with Crippen molar-refractivity contribution in [2.45, 2.75) is 63.7 Å². The quantitative estimate of drug-likeness (QED) is 0.0994. The largest absolute Gasteiger partial charge is 0.453 e. The maximum absolute atomic E-state index is 14.0. The van der Waals surface area contributed by atoms with Gasteiger partial charge >= 0.3 is 12.2 Å². The zero-order valence-electron chi connectivity index (χ0n) is 35.3. The maximum Gasteiger partial charge on any atom is 0.407 e. The molecule has 3 aromatic carbocycles. The second-order valence-corrected chi connectivity index (χ2v) is 18.0. The summed E-state index contributed by atoms with van der Waals surface area (Å²) in [5.41, 5.74) is 8.77. The molecule has 0 spiro atoms. The van der Waals surface area contributed by atoms with E-state index in [4.69, 9.17) is 19.4 Å². The zero-order valence-corrected chi connectivity index (χ0v) is 37.0. The summed E-state index contributed by atoms with van der Waals surface area (Å²) < 4.78 is 12.1. The van der Waals surface area contributed by atoms with Gasteiger partial charge in [-0.3, -0.25) is 9.59 Å². The molecule has 6 heterocycles. The molecule has 63 heavy (non-hydrogen) atoms. The Bertz CT molecular complexity index is 2790. The number of methoxy groups -OCH3 is 2. The van der Waals surface area contributed by atoms with Crippen LogP contribution < -0.4 is 10.6 Å². The maximum atomic E-state index is 14.0. The number of ether oxygens (including phenoxy) is 2. The molecule has 2 saturated heterocycles. The van der Waals surface area contributed by atoms with Crippen molar-refractivity contribution >= 4 is 67.1 Å². The van der Waals surface area contributed by atoms with Crippen LogP contribution in [-0.4, -0.2) is 87.1 Å². The van der Waals surface area contributed by atoms with E-state index in [9.17, 15) is 19.2 Å². The normalized spacial score (nSPS) is 17.3. The van der Waals surface area contributed by atoms with E-state index in [0.29, 0.717) is 18.7 Å². The number of benzene rings is 3. The van der Waals surface area contributed by atoms with Gasteiger partial charge < -0.3 is 39.9 Å². The lowest BCUT2D eigenvalue weighted by Gasteiger charge is -2.30. The minimum Gasteiger partial charge on any atom is -0.453 e. The molecule has 4 N–H and O–H groups in total. The number of nitrogens with one attached hydrogen (secondary N) is 4. The fraction of sp³-hybridized carbons (Fsp3) is 0.319.